The van der Waals surface area contributed by atoms with Crippen molar-refractivity contribution in [2.24, 2.45) is 0 Å². The Labute approximate surface area is 165 Å². The lowest BCUT2D eigenvalue weighted by atomic mass is 9.73. The number of benzene rings is 3. The summed E-state index contributed by atoms with van der Waals surface area (Å²) in [6.07, 6.45) is 3.58. The fourth-order valence-corrected chi connectivity index (χ4v) is 4.22. The van der Waals surface area contributed by atoms with Gasteiger partial charge in [-0.15, -0.1) is 0 Å². The van der Waals surface area contributed by atoms with Gasteiger partial charge in [-0.1, -0.05) is 62.4 Å². The lowest BCUT2D eigenvalue weighted by molar-refractivity contribution is 0.632. The Morgan fingerprint density at radius 3 is 1.71 bits per heavy atom. The van der Waals surface area contributed by atoms with Crippen molar-refractivity contribution < 1.29 is 0 Å². The minimum Gasteiger partial charge on any atom is -0.309 e. The van der Waals surface area contributed by atoms with Crippen molar-refractivity contribution >= 4 is 17.1 Å². The zero-order valence-corrected chi connectivity index (χ0v) is 16.0. The summed E-state index contributed by atoms with van der Waals surface area (Å²) in [5, 5.41) is 0. The summed E-state index contributed by atoms with van der Waals surface area (Å²) in [5.41, 5.74) is 7.08. The fourth-order valence-electron chi connectivity index (χ4n) is 4.22. The van der Waals surface area contributed by atoms with E-state index in [0.29, 0.717) is 0 Å². The molecule has 0 fully saturated rings. The second-order valence-electron chi connectivity index (χ2n) is 7.58. The summed E-state index contributed by atoms with van der Waals surface area (Å²) in [7, 11) is 0. The maximum Gasteiger partial charge on any atom is 0.161 e. The number of hydrogen-bond donors (Lipinski definition) is 0. The molecule has 2 heterocycles. The third kappa shape index (κ3) is 2.43. The first-order chi connectivity index (χ1) is 13.7. The molecule has 3 heteroatoms. The third-order valence-corrected chi connectivity index (χ3v) is 5.59. The van der Waals surface area contributed by atoms with Gasteiger partial charge in [0.15, 0.2) is 5.82 Å². The molecule has 1 aromatic heterocycles. The molecule has 0 N–H and O–H groups in total. The van der Waals surface area contributed by atoms with Crippen LogP contribution < -0.4 is 4.90 Å². The van der Waals surface area contributed by atoms with Gasteiger partial charge in [-0.2, -0.15) is 0 Å². The molecule has 0 unspecified atom stereocenters. The lowest BCUT2D eigenvalue weighted by Gasteiger charge is -2.42. The van der Waals surface area contributed by atoms with Crippen LogP contribution >= 0.6 is 0 Å². The first-order valence-electron chi connectivity index (χ1n) is 9.53. The van der Waals surface area contributed by atoms with E-state index < -0.39 is 0 Å². The maximum absolute atomic E-state index is 4.51. The molecule has 0 amide bonds. The molecule has 5 rings (SSSR count). The van der Waals surface area contributed by atoms with E-state index in [2.05, 4.69) is 95.4 Å². The van der Waals surface area contributed by atoms with E-state index in [4.69, 9.17) is 0 Å². The third-order valence-electron chi connectivity index (χ3n) is 5.59. The van der Waals surface area contributed by atoms with Crippen molar-refractivity contribution in [3.63, 3.8) is 0 Å². The maximum atomic E-state index is 4.51. The van der Waals surface area contributed by atoms with Gasteiger partial charge in [0.2, 0.25) is 0 Å². The highest BCUT2D eigenvalue weighted by Gasteiger charge is 2.37. The van der Waals surface area contributed by atoms with Gasteiger partial charge in [0.05, 0.1) is 17.1 Å². The van der Waals surface area contributed by atoms with E-state index in [1.54, 1.807) is 12.4 Å². The second-order valence-corrected chi connectivity index (χ2v) is 7.58. The van der Waals surface area contributed by atoms with Crippen molar-refractivity contribution in [3.05, 3.63) is 102 Å². The summed E-state index contributed by atoms with van der Waals surface area (Å²) < 4.78 is 0. The van der Waals surface area contributed by atoms with Gasteiger partial charge >= 0.3 is 0 Å². The van der Waals surface area contributed by atoms with Crippen LogP contribution in [-0.2, 0) is 5.41 Å². The highest BCUT2D eigenvalue weighted by molar-refractivity contribution is 5.91. The minimum absolute atomic E-state index is 0.0676. The molecular weight excluding hydrogens is 342 g/mol. The van der Waals surface area contributed by atoms with Gasteiger partial charge in [-0.25, -0.2) is 9.97 Å². The molecule has 136 valence electrons. The van der Waals surface area contributed by atoms with Crippen LogP contribution in [-0.4, -0.2) is 9.97 Å². The minimum atomic E-state index is -0.0676. The number of rotatable bonds is 2. The van der Waals surface area contributed by atoms with Crippen molar-refractivity contribution in [2.75, 3.05) is 4.90 Å². The molecule has 0 radical (unpaired) electrons. The predicted octanol–water partition coefficient (Wildman–Crippen LogP) is 6.25. The molecular formula is C25H21N3. The summed E-state index contributed by atoms with van der Waals surface area (Å²) in [6, 6.07) is 27.6. The van der Waals surface area contributed by atoms with Crippen LogP contribution in [0.4, 0.5) is 17.1 Å². The summed E-state index contributed by atoms with van der Waals surface area (Å²) >= 11 is 0. The number of para-hydroxylation sites is 3. The van der Waals surface area contributed by atoms with Crippen molar-refractivity contribution in [3.8, 4) is 11.4 Å². The number of anilines is 3. The van der Waals surface area contributed by atoms with E-state index in [0.717, 1.165) is 17.1 Å². The topological polar surface area (TPSA) is 29.0 Å². The Bertz CT molecular complexity index is 1100. The van der Waals surface area contributed by atoms with Crippen LogP contribution in [0.25, 0.3) is 11.4 Å². The highest BCUT2D eigenvalue weighted by Crippen LogP contribution is 2.52. The van der Waals surface area contributed by atoms with Gasteiger partial charge in [0.1, 0.15) is 0 Å². The Morgan fingerprint density at radius 1 is 0.607 bits per heavy atom. The van der Waals surface area contributed by atoms with E-state index in [1.807, 2.05) is 12.1 Å². The first-order valence-corrected chi connectivity index (χ1v) is 9.53. The number of fused-ring (bicyclic) bond motifs is 2. The molecule has 4 aromatic rings. The Morgan fingerprint density at radius 2 is 1.11 bits per heavy atom. The monoisotopic (exact) mass is 363 g/mol. The molecule has 1 aliphatic rings. The van der Waals surface area contributed by atoms with Crippen LogP contribution in [0.3, 0.4) is 0 Å². The van der Waals surface area contributed by atoms with Crippen LogP contribution in [0.5, 0.6) is 0 Å². The summed E-state index contributed by atoms with van der Waals surface area (Å²) in [5.74, 6) is 0.734. The van der Waals surface area contributed by atoms with Crippen LogP contribution in [0.2, 0.25) is 0 Å². The quantitative estimate of drug-likeness (QED) is 0.421. The largest absolute Gasteiger partial charge is 0.309 e. The van der Waals surface area contributed by atoms with Crippen molar-refractivity contribution in [2.45, 2.75) is 19.3 Å². The van der Waals surface area contributed by atoms with Gasteiger partial charge in [-0.05, 0) is 41.5 Å². The number of aromatic nitrogens is 2. The highest BCUT2D eigenvalue weighted by atomic mass is 15.2. The van der Waals surface area contributed by atoms with E-state index >= 15 is 0 Å². The molecule has 0 spiro atoms. The van der Waals surface area contributed by atoms with Gasteiger partial charge in [0, 0.05) is 23.4 Å². The smallest absolute Gasteiger partial charge is 0.161 e. The normalized spacial score (nSPS) is 14.3. The Kier molecular flexibility index (Phi) is 3.76. The van der Waals surface area contributed by atoms with Gasteiger partial charge in [0.25, 0.3) is 0 Å². The van der Waals surface area contributed by atoms with E-state index in [-0.39, 0.29) is 5.41 Å². The number of nitrogens with zero attached hydrogens (tertiary/aromatic N) is 3. The molecule has 0 saturated carbocycles. The molecule has 0 bridgehead atoms. The lowest BCUT2D eigenvalue weighted by Crippen LogP contribution is -2.30. The number of hydrogen-bond acceptors (Lipinski definition) is 3. The zero-order chi connectivity index (χ0) is 19.1. The van der Waals surface area contributed by atoms with E-state index in [9.17, 15) is 0 Å². The Hall–Kier alpha value is -3.46. The van der Waals surface area contributed by atoms with Crippen LogP contribution in [0.1, 0.15) is 25.0 Å². The predicted molar refractivity (Wildman–Crippen MR) is 114 cm³/mol. The molecule has 0 aliphatic carbocycles. The SMILES string of the molecule is CC1(C)c2ccccc2N(c2ccccc2-c2ncccn2)c2ccccc21. The van der Waals surface area contributed by atoms with Crippen LogP contribution in [0, 0.1) is 0 Å². The summed E-state index contributed by atoms with van der Waals surface area (Å²) in [6.45, 7) is 4.60. The summed E-state index contributed by atoms with van der Waals surface area (Å²) in [4.78, 5) is 11.4. The molecule has 3 nitrogen and oxygen atoms in total. The molecule has 1 aliphatic heterocycles. The Balaban J connectivity index is 1.82. The molecule has 0 saturated heterocycles. The standard InChI is InChI=1S/C25H21N3/c1-25(2)19-11-4-7-14-22(19)28(23-15-8-5-12-20(23)25)21-13-6-3-10-18(21)24-26-16-9-17-27-24/h3-17H,1-2H3. The average Bonchev–Trinajstić information content (AvgIpc) is 2.75. The molecule has 0 atom stereocenters. The van der Waals surface area contributed by atoms with Crippen molar-refractivity contribution in [1.29, 1.82) is 0 Å². The fraction of sp³-hybridized carbons (Fsp3) is 0.120. The van der Waals surface area contributed by atoms with E-state index in [1.165, 1.54) is 22.5 Å². The van der Waals surface area contributed by atoms with Gasteiger partial charge in [-0.3, -0.25) is 0 Å². The second kappa shape index (κ2) is 6.31. The zero-order valence-electron chi connectivity index (χ0n) is 16.0. The van der Waals surface area contributed by atoms with Crippen LogP contribution in [0.15, 0.2) is 91.3 Å². The molecule has 3 aromatic carbocycles. The first kappa shape index (κ1) is 16.7. The van der Waals surface area contributed by atoms with Crippen molar-refractivity contribution in [1.82, 2.24) is 9.97 Å². The average molecular weight is 363 g/mol. The molecule has 28 heavy (non-hydrogen) atoms. The van der Waals surface area contributed by atoms with Gasteiger partial charge < -0.3 is 4.90 Å².